The molecule has 1 atom stereocenters. The van der Waals surface area contributed by atoms with Crippen molar-refractivity contribution in [3.63, 3.8) is 0 Å². The predicted molar refractivity (Wildman–Crippen MR) is 98.0 cm³/mol. The molecule has 3 rings (SSSR count). The first kappa shape index (κ1) is 16.4. The SMILES string of the molecule is COC(C)CN=C1NSc2cccc(-c3ccccc3C#N)c2N1. The second kappa shape index (κ2) is 7.39. The van der Waals surface area contributed by atoms with E-state index in [0.29, 0.717) is 18.1 Å². The number of anilines is 1. The molecule has 1 unspecified atom stereocenters. The lowest BCUT2D eigenvalue weighted by Gasteiger charge is -2.23. The first-order valence-corrected chi connectivity index (χ1v) is 8.44. The third-order valence-electron chi connectivity index (χ3n) is 3.77. The maximum Gasteiger partial charge on any atom is 0.206 e. The third-order valence-corrected chi connectivity index (χ3v) is 4.63. The highest BCUT2D eigenvalue weighted by Gasteiger charge is 2.19. The normalized spacial score (nSPS) is 15.8. The van der Waals surface area contributed by atoms with E-state index in [-0.39, 0.29) is 6.10 Å². The number of hydrogen-bond donors (Lipinski definition) is 2. The number of methoxy groups -OCH3 is 1. The van der Waals surface area contributed by atoms with Gasteiger partial charge in [0.15, 0.2) is 0 Å². The van der Waals surface area contributed by atoms with Crippen LogP contribution in [0, 0.1) is 11.3 Å². The molecular weight excluding hydrogens is 320 g/mol. The van der Waals surface area contributed by atoms with Crippen LogP contribution in [-0.4, -0.2) is 25.7 Å². The van der Waals surface area contributed by atoms with Gasteiger partial charge in [0.1, 0.15) is 0 Å². The number of nitrogens with zero attached hydrogens (tertiary/aromatic N) is 2. The molecule has 2 aromatic carbocycles. The van der Waals surface area contributed by atoms with E-state index in [9.17, 15) is 5.26 Å². The van der Waals surface area contributed by atoms with Crippen molar-refractivity contribution in [1.82, 2.24) is 4.72 Å². The highest BCUT2D eigenvalue weighted by molar-refractivity contribution is 7.98. The van der Waals surface area contributed by atoms with Crippen molar-refractivity contribution in [3.8, 4) is 17.2 Å². The number of aliphatic imine (C=N–C) groups is 1. The maximum atomic E-state index is 9.38. The van der Waals surface area contributed by atoms with E-state index < -0.39 is 0 Å². The van der Waals surface area contributed by atoms with E-state index in [1.54, 1.807) is 7.11 Å². The van der Waals surface area contributed by atoms with Crippen molar-refractivity contribution < 1.29 is 4.74 Å². The highest BCUT2D eigenvalue weighted by atomic mass is 32.2. The van der Waals surface area contributed by atoms with Gasteiger partial charge in [-0.15, -0.1) is 0 Å². The molecule has 0 spiro atoms. The van der Waals surface area contributed by atoms with Gasteiger partial charge in [0.2, 0.25) is 5.96 Å². The zero-order valence-corrected chi connectivity index (χ0v) is 14.4. The topological polar surface area (TPSA) is 69.4 Å². The first-order valence-electron chi connectivity index (χ1n) is 7.62. The van der Waals surface area contributed by atoms with Gasteiger partial charge in [-0.05, 0) is 31.0 Å². The van der Waals surface area contributed by atoms with Gasteiger partial charge in [0, 0.05) is 18.2 Å². The van der Waals surface area contributed by atoms with Crippen molar-refractivity contribution in [1.29, 1.82) is 5.26 Å². The molecule has 0 aromatic heterocycles. The summed E-state index contributed by atoms with van der Waals surface area (Å²) in [5.74, 6) is 0.693. The standard InChI is InChI=1S/C18H18N4OS/c1-12(23-2)11-20-18-21-17-15(8-5-9-16(17)24-22-18)14-7-4-3-6-13(14)10-19/h3-9,12H,11H2,1-2H3,(H2,20,21,22). The van der Waals surface area contributed by atoms with E-state index in [2.05, 4.69) is 21.1 Å². The lowest BCUT2D eigenvalue weighted by atomic mass is 9.99. The molecule has 1 heterocycles. The van der Waals surface area contributed by atoms with Crippen molar-refractivity contribution in [2.75, 3.05) is 19.0 Å². The Labute approximate surface area is 145 Å². The van der Waals surface area contributed by atoms with Crippen molar-refractivity contribution >= 4 is 23.6 Å². The van der Waals surface area contributed by atoms with Crippen LogP contribution in [0.15, 0.2) is 52.4 Å². The van der Waals surface area contributed by atoms with Crippen LogP contribution in [0.1, 0.15) is 12.5 Å². The van der Waals surface area contributed by atoms with Gasteiger partial charge < -0.3 is 10.1 Å². The van der Waals surface area contributed by atoms with Gasteiger partial charge in [-0.1, -0.05) is 30.3 Å². The molecule has 1 aliphatic rings. The Kier molecular flexibility index (Phi) is 5.04. The van der Waals surface area contributed by atoms with Crippen molar-refractivity contribution in [2.24, 2.45) is 4.99 Å². The summed E-state index contributed by atoms with van der Waals surface area (Å²) in [6.07, 6.45) is 0.0575. The molecule has 5 nitrogen and oxygen atoms in total. The molecule has 1 aliphatic heterocycles. The maximum absolute atomic E-state index is 9.38. The third kappa shape index (κ3) is 3.37. The van der Waals surface area contributed by atoms with Crippen LogP contribution in [0.25, 0.3) is 11.1 Å². The van der Waals surface area contributed by atoms with Gasteiger partial charge >= 0.3 is 0 Å². The number of para-hydroxylation sites is 1. The van der Waals surface area contributed by atoms with Crippen LogP contribution in [0.3, 0.4) is 0 Å². The molecule has 2 aromatic rings. The van der Waals surface area contributed by atoms with E-state index in [4.69, 9.17) is 4.74 Å². The second-order valence-electron chi connectivity index (χ2n) is 5.40. The smallest absolute Gasteiger partial charge is 0.206 e. The molecule has 2 N–H and O–H groups in total. The zero-order valence-electron chi connectivity index (χ0n) is 13.5. The molecular formula is C18H18N4OS. The monoisotopic (exact) mass is 338 g/mol. The summed E-state index contributed by atoms with van der Waals surface area (Å²) in [5, 5.41) is 12.7. The van der Waals surface area contributed by atoms with Crippen molar-refractivity contribution in [3.05, 3.63) is 48.0 Å². The van der Waals surface area contributed by atoms with Gasteiger partial charge in [-0.3, -0.25) is 4.72 Å². The number of benzene rings is 2. The quantitative estimate of drug-likeness (QED) is 0.833. The fourth-order valence-electron chi connectivity index (χ4n) is 2.40. The average molecular weight is 338 g/mol. The number of hydrogen-bond acceptors (Lipinski definition) is 4. The lowest BCUT2D eigenvalue weighted by molar-refractivity contribution is 0.125. The summed E-state index contributed by atoms with van der Waals surface area (Å²) >= 11 is 1.51. The minimum absolute atomic E-state index is 0.0575. The number of fused-ring (bicyclic) bond motifs is 1. The van der Waals surface area contributed by atoms with Gasteiger partial charge in [-0.25, -0.2) is 4.99 Å². The molecule has 0 saturated heterocycles. The number of nitriles is 1. The van der Waals surface area contributed by atoms with Gasteiger partial charge in [0.05, 0.1) is 34.9 Å². The number of guanidine groups is 1. The summed E-state index contributed by atoms with van der Waals surface area (Å²) < 4.78 is 8.43. The van der Waals surface area contributed by atoms with Gasteiger partial charge in [-0.2, -0.15) is 5.26 Å². The largest absolute Gasteiger partial charge is 0.380 e. The molecule has 122 valence electrons. The Morgan fingerprint density at radius 1 is 1.21 bits per heavy atom. The first-order chi connectivity index (χ1) is 11.7. The zero-order chi connectivity index (χ0) is 16.9. The second-order valence-corrected chi connectivity index (χ2v) is 6.25. The molecule has 0 aliphatic carbocycles. The number of rotatable bonds is 4. The molecule has 0 bridgehead atoms. The Hall–Kier alpha value is -2.49. The minimum Gasteiger partial charge on any atom is -0.380 e. The van der Waals surface area contributed by atoms with Crippen LogP contribution in [0.2, 0.25) is 0 Å². The summed E-state index contributed by atoms with van der Waals surface area (Å²) in [7, 11) is 1.67. The fraction of sp³-hybridized carbons (Fsp3) is 0.222. The minimum atomic E-state index is 0.0575. The van der Waals surface area contributed by atoms with E-state index in [0.717, 1.165) is 21.7 Å². The highest BCUT2D eigenvalue weighted by Crippen LogP contribution is 2.38. The summed E-state index contributed by atoms with van der Waals surface area (Å²) in [6, 6.07) is 15.9. The van der Waals surface area contributed by atoms with Crippen LogP contribution < -0.4 is 10.0 Å². The average Bonchev–Trinajstić information content (AvgIpc) is 2.65. The van der Waals surface area contributed by atoms with E-state index in [1.165, 1.54) is 11.9 Å². The van der Waals surface area contributed by atoms with Crippen LogP contribution >= 0.6 is 11.9 Å². The Morgan fingerprint density at radius 2 is 2.00 bits per heavy atom. The lowest BCUT2D eigenvalue weighted by Crippen LogP contribution is -2.30. The molecule has 0 saturated carbocycles. The molecule has 6 heteroatoms. The van der Waals surface area contributed by atoms with E-state index >= 15 is 0 Å². The van der Waals surface area contributed by atoms with Gasteiger partial charge in [0.25, 0.3) is 0 Å². The predicted octanol–water partition coefficient (Wildman–Crippen LogP) is 3.64. The molecule has 24 heavy (non-hydrogen) atoms. The Morgan fingerprint density at radius 3 is 2.79 bits per heavy atom. The molecule has 0 amide bonds. The van der Waals surface area contributed by atoms with Crippen LogP contribution in [0.4, 0.5) is 5.69 Å². The summed E-state index contributed by atoms with van der Waals surface area (Å²) in [5.41, 5.74) is 3.53. The molecule has 0 fully saturated rings. The summed E-state index contributed by atoms with van der Waals surface area (Å²) in [4.78, 5) is 5.58. The van der Waals surface area contributed by atoms with Crippen LogP contribution in [-0.2, 0) is 4.74 Å². The molecule has 0 radical (unpaired) electrons. The summed E-state index contributed by atoms with van der Waals surface area (Å²) in [6.45, 7) is 2.54. The van der Waals surface area contributed by atoms with Crippen molar-refractivity contribution in [2.45, 2.75) is 17.9 Å². The number of nitrogens with one attached hydrogen (secondary N) is 2. The number of ether oxygens (including phenoxy) is 1. The Balaban J connectivity index is 1.97. The fourth-order valence-corrected chi connectivity index (χ4v) is 3.13. The van der Waals surface area contributed by atoms with Crippen LogP contribution in [0.5, 0.6) is 0 Å². The Bertz CT molecular complexity index is 813. The van der Waals surface area contributed by atoms with E-state index in [1.807, 2.05) is 49.4 Å².